The molecule has 64 heavy (non-hydrogen) atoms. The molecule has 0 aromatic carbocycles. The van der Waals surface area contributed by atoms with Gasteiger partial charge in [-0.3, -0.25) is 38.4 Å². The molecule has 1 heterocycles. The van der Waals surface area contributed by atoms with Crippen molar-refractivity contribution in [2.24, 2.45) is 0 Å². The van der Waals surface area contributed by atoms with Crippen molar-refractivity contribution in [2.75, 3.05) is 52.4 Å². The second kappa shape index (κ2) is 42.7. The molecule has 1 saturated heterocycles. The molecule has 1 rings (SSSR count). The molecule has 8 amide bonds. The lowest BCUT2D eigenvalue weighted by Crippen LogP contribution is -2.26. The molecule has 0 saturated carbocycles. The molecule has 1 aliphatic rings. The third-order valence-electron chi connectivity index (χ3n) is 11.2. The van der Waals surface area contributed by atoms with Crippen LogP contribution in [0.15, 0.2) is 0 Å². The van der Waals surface area contributed by atoms with Crippen molar-refractivity contribution < 1.29 is 38.4 Å². The van der Waals surface area contributed by atoms with Crippen LogP contribution in [-0.4, -0.2) is 99.6 Å². The number of rotatable bonds is 0. The first-order valence-corrected chi connectivity index (χ1v) is 25.3. The molecule has 16 nitrogen and oxygen atoms in total. The van der Waals surface area contributed by atoms with Crippen molar-refractivity contribution in [1.82, 2.24) is 42.5 Å². The van der Waals surface area contributed by atoms with Gasteiger partial charge in [-0.25, -0.2) is 0 Å². The largest absolute Gasteiger partial charge is 0.356 e. The molecule has 0 aromatic heterocycles. The molecule has 0 spiro atoms. The van der Waals surface area contributed by atoms with Crippen LogP contribution in [0.5, 0.6) is 0 Å². The fraction of sp³-hybridized carbons (Fsp3) is 0.833. The first kappa shape index (κ1) is 57.8. The molecule has 0 bridgehead atoms. The summed E-state index contributed by atoms with van der Waals surface area (Å²) in [6.45, 7) is 4.81. The third kappa shape index (κ3) is 40.5. The Hall–Kier alpha value is -4.24. The fourth-order valence-corrected chi connectivity index (χ4v) is 7.23. The second-order valence-corrected chi connectivity index (χ2v) is 17.3. The Bertz CT molecular complexity index is 932. The van der Waals surface area contributed by atoms with Gasteiger partial charge in [0.2, 0.25) is 47.3 Å². The lowest BCUT2D eigenvalue weighted by Gasteiger charge is -2.08. The minimum atomic E-state index is 0.0326. The molecule has 0 radical (unpaired) electrons. The van der Waals surface area contributed by atoms with Crippen molar-refractivity contribution in [1.29, 1.82) is 0 Å². The van der Waals surface area contributed by atoms with Crippen LogP contribution in [0.2, 0.25) is 0 Å². The first-order valence-electron chi connectivity index (χ1n) is 25.3. The van der Waals surface area contributed by atoms with Gasteiger partial charge in [-0.15, -0.1) is 0 Å². The Kier molecular flexibility index (Phi) is 38.5. The zero-order valence-corrected chi connectivity index (χ0v) is 39.6. The van der Waals surface area contributed by atoms with Gasteiger partial charge in [0.25, 0.3) is 0 Å². The van der Waals surface area contributed by atoms with Gasteiger partial charge in [-0.05, 0) is 103 Å². The highest BCUT2D eigenvalue weighted by molar-refractivity contribution is 5.78. The lowest BCUT2D eigenvalue weighted by molar-refractivity contribution is -0.122. The van der Waals surface area contributed by atoms with Crippen molar-refractivity contribution in [3.63, 3.8) is 0 Å². The predicted molar refractivity (Wildman–Crippen MR) is 252 cm³/mol. The van der Waals surface area contributed by atoms with Crippen molar-refractivity contribution >= 4 is 47.3 Å². The van der Waals surface area contributed by atoms with E-state index in [0.717, 1.165) is 154 Å². The van der Waals surface area contributed by atoms with Gasteiger partial charge in [0.05, 0.1) is 0 Å². The topological polar surface area (TPSA) is 233 Å². The summed E-state index contributed by atoms with van der Waals surface area (Å²) in [5.74, 6) is 0.261. The van der Waals surface area contributed by atoms with Crippen LogP contribution in [0.4, 0.5) is 0 Å². The number of hydrogen-bond acceptors (Lipinski definition) is 8. The van der Waals surface area contributed by atoms with Crippen LogP contribution >= 0.6 is 0 Å². The van der Waals surface area contributed by atoms with Crippen LogP contribution in [-0.2, 0) is 38.4 Å². The Labute approximate surface area is 385 Å². The summed E-state index contributed by atoms with van der Waals surface area (Å²) < 4.78 is 0. The summed E-state index contributed by atoms with van der Waals surface area (Å²) in [6, 6.07) is 0. The number of carbonyl (C=O) groups is 8. The molecule has 16 heteroatoms. The van der Waals surface area contributed by atoms with Gasteiger partial charge in [0.15, 0.2) is 0 Å². The van der Waals surface area contributed by atoms with Gasteiger partial charge in [0.1, 0.15) is 0 Å². The molecular weight excluding hydrogens is 817 g/mol. The molecule has 1 aliphatic heterocycles. The van der Waals surface area contributed by atoms with Crippen LogP contribution < -0.4 is 42.5 Å². The third-order valence-corrected chi connectivity index (χ3v) is 11.2. The summed E-state index contributed by atoms with van der Waals surface area (Å²) in [5, 5.41) is 23.6. The van der Waals surface area contributed by atoms with Gasteiger partial charge in [0, 0.05) is 104 Å². The Morgan fingerprint density at radius 3 is 0.375 bits per heavy atom. The maximum atomic E-state index is 12.2. The SMILES string of the molecule is O=C1CCCCCNC(=O)CCCCCNC(=O)CCCCCNC(=O)CCCCCNC(=O)CCCCCNC(=O)CCCCCNC(=O)CCCCCNC(=O)CCCCCN1. The Morgan fingerprint density at radius 2 is 0.266 bits per heavy atom. The van der Waals surface area contributed by atoms with Crippen LogP contribution in [0.1, 0.15) is 205 Å². The van der Waals surface area contributed by atoms with Crippen LogP contribution in [0.25, 0.3) is 0 Å². The van der Waals surface area contributed by atoms with E-state index in [1.54, 1.807) is 0 Å². The number of amides is 8. The van der Waals surface area contributed by atoms with Crippen LogP contribution in [0, 0.1) is 0 Å². The van der Waals surface area contributed by atoms with Crippen molar-refractivity contribution in [3.05, 3.63) is 0 Å². The zero-order chi connectivity index (χ0) is 46.6. The molecule has 0 unspecified atom stereocenters. The van der Waals surface area contributed by atoms with Gasteiger partial charge < -0.3 is 42.5 Å². The average molecular weight is 905 g/mol. The molecule has 0 aliphatic carbocycles. The quantitative estimate of drug-likeness (QED) is 0.156. The minimum absolute atomic E-state index is 0.0326. The Morgan fingerprint density at radius 1 is 0.156 bits per heavy atom. The lowest BCUT2D eigenvalue weighted by atomic mass is 10.1. The van der Waals surface area contributed by atoms with E-state index in [2.05, 4.69) is 42.5 Å². The highest BCUT2D eigenvalue weighted by Gasteiger charge is 2.08. The van der Waals surface area contributed by atoms with Crippen molar-refractivity contribution in [3.8, 4) is 0 Å². The highest BCUT2D eigenvalue weighted by atomic mass is 16.2. The van der Waals surface area contributed by atoms with E-state index in [9.17, 15) is 38.4 Å². The predicted octanol–water partition coefficient (Wildman–Crippen LogP) is 5.41. The van der Waals surface area contributed by atoms with Gasteiger partial charge in [-0.1, -0.05) is 51.4 Å². The minimum Gasteiger partial charge on any atom is -0.356 e. The van der Waals surface area contributed by atoms with E-state index < -0.39 is 0 Å². The Balaban J connectivity index is 2.27. The van der Waals surface area contributed by atoms with Crippen LogP contribution in [0.3, 0.4) is 0 Å². The van der Waals surface area contributed by atoms with E-state index in [1.807, 2.05) is 0 Å². The van der Waals surface area contributed by atoms with E-state index >= 15 is 0 Å². The number of hydrogen-bond donors (Lipinski definition) is 8. The highest BCUT2D eigenvalue weighted by Crippen LogP contribution is 2.07. The molecular formula is C48H88N8O8. The standard InChI is InChI=1S/C48H88N8O8/c57-41-25-9-1-17-33-49-42(58)26-10-2-19-35-51-44(60)28-12-4-21-37-53-46(62)30-14-6-23-39-55-48(64)32-16-8-24-40-56-47(63)31-15-7-22-38-54-45(61)29-13-5-20-36-52-43(59)27-11-3-18-34-50-41/h1-40H2,(H,49,58)(H,50,57)(H,51,60)(H,52,59)(H,53,62)(H,54,61)(H,55,64)(H,56,63). The number of nitrogens with one attached hydrogen (secondary N) is 8. The molecule has 1 fully saturated rings. The maximum absolute atomic E-state index is 12.2. The van der Waals surface area contributed by atoms with E-state index in [0.29, 0.717) is 104 Å². The normalized spacial score (nSPS) is 21.8. The van der Waals surface area contributed by atoms with Gasteiger partial charge >= 0.3 is 0 Å². The summed E-state index contributed by atoms with van der Waals surface area (Å²) in [7, 11) is 0. The number of carbonyl (C=O) groups excluding carboxylic acids is 8. The molecule has 8 N–H and O–H groups in total. The smallest absolute Gasteiger partial charge is 0.219 e. The van der Waals surface area contributed by atoms with E-state index in [4.69, 9.17) is 0 Å². The van der Waals surface area contributed by atoms with E-state index in [1.165, 1.54) is 0 Å². The molecule has 0 aromatic rings. The summed E-state index contributed by atoms with van der Waals surface area (Å²) in [6.07, 6.45) is 23.4. The fourth-order valence-electron chi connectivity index (χ4n) is 7.23. The first-order chi connectivity index (χ1) is 31.2. The zero-order valence-electron chi connectivity index (χ0n) is 39.6. The summed E-state index contributed by atoms with van der Waals surface area (Å²) >= 11 is 0. The van der Waals surface area contributed by atoms with Gasteiger partial charge in [-0.2, -0.15) is 0 Å². The second-order valence-electron chi connectivity index (χ2n) is 17.3. The average Bonchev–Trinajstić information content (AvgIpc) is 3.27. The molecule has 368 valence electrons. The molecule has 0 atom stereocenters. The summed E-state index contributed by atoms with van der Waals surface area (Å²) in [4.78, 5) is 97.2. The maximum Gasteiger partial charge on any atom is 0.219 e. The van der Waals surface area contributed by atoms with E-state index in [-0.39, 0.29) is 47.3 Å². The monoisotopic (exact) mass is 905 g/mol. The van der Waals surface area contributed by atoms with Crippen molar-refractivity contribution in [2.45, 2.75) is 205 Å². The summed E-state index contributed by atoms with van der Waals surface area (Å²) in [5.41, 5.74) is 0.